The number of hydrogen-bond donors (Lipinski definition) is 0. The molecule has 0 aliphatic carbocycles. The zero-order valence-corrected chi connectivity index (χ0v) is 7.56. The van der Waals surface area contributed by atoms with Crippen LogP contribution in [0.5, 0.6) is 0 Å². The summed E-state index contributed by atoms with van der Waals surface area (Å²) in [5, 5.41) is 0. The van der Waals surface area contributed by atoms with E-state index in [1.807, 2.05) is 12.1 Å². The highest BCUT2D eigenvalue weighted by Gasteiger charge is 2.06. The maximum Gasteiger partial charge on any atom is 0.380 e. The van der Waals surface area contributed by atoms with Crippen molar-refractivity contribution in [2.45, 2.75) is 13.3 Å². The molecule has 13 heavy (non-hydrogen) atoms. The average molecular weight is 178 g/mol. The Labute approximate surface area is 77.2 Å². The van der Waals surface area contributed by atoms with E-state index in [4.69, 9.17) is 4.84 Å². The molecule has 0 bridgehead atoms. The lowest BCUT2D eigenvalue weighted by molar-refractivity contribution is -0.869. The van der Waals surface area contributed by atoms with Crippen LogP contribution in [0.15, 0.2) is 31.1 Å². The Kier molecular flexibility index (Phi) is 3.20. The van der Waals surface area contributed by atoms with Crippen LogP contribution >= 0.6 is 0 Å². The zero-order chi connectivity index (χ0) is 9.68. The first-order chi connectivity index (χ1) is 6.26. The third kappa shape index (κ3) is 2.71. The topological polar surface area (TPSA) is 30.2 Å². The van der Waals surface area contributed by atoms with Crippen LogP contribution in [0.4, 0.5) is 0 Å². The molecule has 1 rings (SSSR count). The van der Waals surface area contributed by atoms with Crippen molar-refractivity contribution in [2.75, 3.05) is 0 Å². The fraction of sp³-hybridized carbons (Fsp3) is 0.200. The van der Waals surface area contributed by atoms with Gasteiger partial charge in [0.05, 0.1) is 0 Å². The van der Waals surface area contributed by atoms with Crippen molar-refractivity contribution in [3.63, 3.8) is 0 Å². The first kappa shape index (κ1) is 9.45. The van der Waals surface area contributed by atoms with Gasteiger partial charge in [-0.1, -0.05) is 19.6 Å². The molecule has 0 saturated heterocycles. The molecular weight excluding hydrogens is 166 g/mol. The molecule has 3 nitrogen and oxygen atoms in total. The Morgan fingerprint density at radius 1 is 1.62 bits per heavy atom. The number of aromatic nitrogens is 1. The van der Waals surface area contributed by atoms with E-state index < -0.39 is 0 Å². The molecule has 1 aromatic rings. The smallest absolute Gasteiger partial charge is 0.245 e. The normalized spacial score (nSPS) is 9.31. The molecule has 0 aliphatic heterocycles. The van der Waals surface area contributed by atoms with Crippen molar-refractivity contribution < 1.29 is 14.4 Å². The minimum Gasteiger partial charge on any atom is -0.245 e. The molecule has 0 fully saturated rings. The van der Waals surface area contributed by atoms with Gasteiger partial charge in [0.2, 0.25) is 12.4 Å². The second-order valence-electron chi connectivity index (χ2n) is 2.51. The summed E-state index contributed by atoms with van der Waals surface area (Å²) in [6.07, 6.45) is 5.44. The minimum absolute atomic E-state index is 0.253. The van der Waals surface area contributed by atoms with E-state index in [9.17, 15) is 4.79 Å². The largest absolute Gasteiger partial charge is 0.380 e. The molecule has 3 heteroatoms. The van der Waals surface area contributed by atoms with Gasteiger partial charge in [0.15, 0.2) is 0 Å². The van der Waals surface area contributed by atoms with E-state index in [2.05, 4.69) is 6.58 Å². The minimum atomic E-state index is -0.253. The second kappa shape index (κ2) is 4.40. The summed E-state index contributed by atoms with van der Waals surface area (Å²) in [7, 11) is 0. The second-order valence-corrected chi connectivity index (χ2v) is 2.51. The van der Waals surface area contributed by atoms with Crippen molar-refractivity contribution in [3.8, 4) is 0 Å². The lowest BCUT2D eigenvalue weighted by Gasteiger charge is -1.93. The molecule has 0 radical (unpaired) electrons. The predicted molar refractivity (Wildman–Crippen MR) is 48.6 cm³/mol. The van der Waals surface area contributed by atoms with Gasteiger partial charge in [-0.25, -0.2) is 4.79 Å². The van der Waals surface area contributed by atoms with Crippen LogP contribution in [-0.2, 0) is 4.79 Å². The quantitative estimate of drug-likeness (QED) is 0.646. The SMILES string of the molecule is C=Cc1cc[n+](OC(=O)CC)cc1. The molecular formula is C10H12NO2+. The molecule has 0 unspecified atom stereocenters. The van der Waals surface area contributed by atoms with Crippen LogP contribution < -0.4 is 9.57 Å². The summed E-state index contributed by atoms with van der Waals surface area (Å²) in [4.78, 5) is 15.8. The van der Waals surface area contributed by atoms with Crippen LogP contribution in [0.3, 0.4) is 0 Å². The van der Waals surface area contributed by atoms with Gasteiger partial charge >= 0.3 is 5.97 Å². The number of carbonyl (C=O) groups is 1. The number of carbonyl (C=O) groups excluding carboxylic acids is 1. The van der Waals surface area contributed by atoms with Gasteiger partial charge in [0.1, 0.15) is 0 Å². The van der Waals surface area contributed by atoms with Crippen LogP contribution in [-0.4, -0.2) is 5.97 Å². The monoisotopic (exact) mass is 178 g/mol. The summed E-state index contributed by atoms with van der Waals surface area (Å²) < 4.78 is 1.37. The average Bonchev–Trinajstić information content (AvgIpc) is 2.19. The Morgan fingerprint density at radius 2 is 2.23 bits per heavy atom. The van der Waals surface area contributed by atoms with Gasteiger partial charge in [-0.15, -0.1) is 0 Å². The van der Waals surface area contributed by atoms with Crippen LogP contribution in [0.2, 0.25) is 0 Å². The maximum atomic E-state index is 10.9. The number of pyridine rings is 1. The molecule has 0 N–H and O–H groups in total. The Hall–Kier alpha value is -1.64. The first-order valence-electron chi connectivity index (χ1n) is 4.11. The molecule has 0 amide bonds. The van der Waals surface area contributed by atoms with E-state index in [1.165, 1.54) is 4.73 Å². The van der Waals surface area contributed by atoms with Crippen molar-refractivity contribution >= 4 is 12.0 Å². The molecule has 0 aliphatic rings. The van der Waals surface area contributed by atoms with Crippen molar-refractivity contribution in [1.82, 2.24) is 0 Å². The molecule has 1 aromatic heterocycles. The first-order valence-corrected chi connectivity index (χ1v) is 4.11. The summed E-state index contributed by atoms with van der Waals surface area (Å²) in [5.74, 6) is -0.253. The highest BCUT2D eigenvalue weighted by Crippen LogP contribution is 1.94. The van der Waals surface area contributed by atoms with Gasteiger partial charge in [-0.05, 0) is 5.56 Å². The number of hydrogen-bond acceptors (Lipinski definition) is 2. The summed E-state index contributed by atoms with van der Waals surface area (Å²) >= 11 is 0. The summed E-state index contributed by atoms with van der Waals surface area (Å²) in [5.41, 5.74) is 0.990. The van der Waals surface area contributed by atoms with Gasteiger partial charge < -0.3 is 0 Å². The summed E-state index contributed by atoms with van der Waals surface area (Å²) in [6.45, 7) is 5.37. The highest BCUT2D eigenvalue weighted by atomic mass is 16.7. The van der Waals surface area contributed by atoms with Crippen LogP contribution in [0.1, 0.15) is 18.9 Å². The molecule has 1 heterocycles. The van der Waals surface area contributed by atoms with E-state index in [0.29, 0.717) is 6.42 Å². The third-order valence-electron chi connectivity index (χ3n) is 1.56. The molecule has 68 valence electrons. The standard InChI is InChI=1S/C10H12NO2/c1-3-9-5-7-11(8-6-9)13-10(12)4-2/h3,5-8H,1,4H2,2H3/q+1. The lowest BCUT2D eigenvalue weighted by atomic mass is 10.3. The van der Waals surface area contributed by atoms with Gasteiger partial charge in [0, 0.05) is 23.3 Å². The number of rotatable bonds is 3. The van der Waals surface area contributed by atoms with E-state index in [-0.39, 0.29) is 5.97 Å². The van der Waals surface area contributed by atoms with Gasteiger partial charge in [-0.2, -0.15) is 4.84 Å². The van der Waals surface area contributed by atoms with Gasteiger partial charge in [-0.3, -0.25) is 0 Å². The van der Waals surface area contributed by atoms with Crippen molar-refractivity contribution in [1.29, 1.82) is 0 Å². The van der Waals surface area contributed by atoms with Gasteiger partial charge in [0.25, 0.3) is 0 Å². The Balaban J connectivity index is 2.69. The van der Waals surface area contributed by atoms with Crippen molar-refractivity contribution in [2.24, 2.45) is 0 Å². The molecule has 0 spiro atoms. The number of nitrogens with zero attached hydrogens (tertiary/aromatic N) is 1. The van der Waals surface area contributed by atoms with E-state index in [1.54, 1.807) is 25.4 Å². The molecule has 0 aromatic carbocycles. The van der Waals surface area contributed by atoms with Crippen LogP contribution in [0.25, 0.3) is 6.08 Å². The van der Waals surface area contributed by atoms with E-state index >= 15 is 0 Å². The fourth-order valence-electron chi connectivity index (χ4n) is 0.803. The van der Waals surface area contributed by atoms with Crippen LogP contribution in [0, 0.1) is 0 Å². The fourth-order valence-corrected chi connectivity index (χ4v) is 0.803. The third-order valence-corrected chi connectivity index (χ3v) is 1.56. The van der Waals surface area contributed by atoms with Crippen molar-refractivity contribution in [3.05, 3.63) is 36.7 Å². The molecule has 0 atom stereocenters. The van der Waals surface area contributed by atoms with E-state index in [0.717, 1.165) is 5.56 Å². The Morgan fingerprint density at radius 3 is 2.69 bits per heavy atom. The zero-order valence-electron chi connectivity index (χ0n) is 7.56. The lowest BCUT2D eigenvalue weighted by Crippen LogP contribution is -2.44. The Bertz CT molecular complexity index is 303. The maximum absolute atomic E-state index is 10.9. The summed E-state index contributed by atoms with van der Waals surface area (Å²) in [6, 6.07) is 3.63. The predicted octanol–water partition coefficient (Wildman–Crippen LogP) is 0.982. The molecule has 0 saturated carbocycles. The highest BCUT2D eigenvalue weighted by molar-refractivity contribution is 5.68.